The van der Waals surface area contributed by atoms with Gasteiger partial charge in [-0.15, -0.1) is 0 Å². The van der Waals surface area contributed by atoms with Crippen LogP contribution in [-0.2, 0) is 16.1 Å². The molecule has 1 heterocycles. The average molecular weight is 372 g/mol. The van der Waals surface area contributed by atoms with Crippen molar-refractivity contribution in [2.75, 3.05) is 20.2 Å². The van der Waals surface area contributed by atoms with E-state index in [-0.39, 0.29) is 5.97 Å². The largest absolute Gasteiger partial charge is 0.469 e. The van der Waals surface area contributed by atoms with Gasteiger partial charge in [-0.05, 0) is 31.9 Å². The van der Waals surface area contributed by atoms with Gasteiger partial charge in [0.05, 0.1) is 13.7 Å². The van der Waals surface area contributed by atoms with E-state index >= 15 is 0 Å². The van der Waals surface area contributed by atoms with Crippen LogP contribution >= 0.6 is 0 Å². The Hall–Kier alpha value is -2.83. The summed E-state index contributed by atoms with van der Waals surface area (Å²) in [5, 5.41) is 6.51. The highest BCUT2D eigenvalue weighted by atomic mass is 16.5. The van der Waals surface area contributed by atoms with Crippen molar-refractivity contribution >= 4 is 11.9 Å². The van der Waals surface area contributed by atoms with Gasteiger partial charge in [-0.1, -0.05) is 24.6 Å². The Balaban J connectivity index is 1.78. The molecule has 0 unspecified atom stereocenters. The number of hydrogen-bond acceptors (Lipinski definition) is 5. The third kappa shape index (κ3) is 7.52. The van der Waals surface area contributed by atoms with E-state index in [2.05, 4.69) is 25.3 Å². The molecule has 0 saturated heterocycles. The lowest BCUT2D eigenvalue weighted by Gasteiger charge is -2.10. The molecule has 2 rings (SSSR count). The molecule has 0 aliphatic carbocycles. The van der Waals surface area contributed by atoms with E-state index in [1.165, 1.54) is 7.11 Å². The van der Waals surface area contributed by atoms with Crippen LogP contribution in [0, 0.1) is 0 Å². The van der Waals surface area contributed by atoms with Gasteiger partial charge in [0.15, 0.2) is 5.96 Å². The molecule has 27 heavy (non-hydrogen) atoms. The molecule has 0 amide bonds. The Morgan fingerprint density at radius 3 is 2.74 bits per heavy atom. The third-order valence-corrected chi connectivity index (χ3v) is 3.89. The molecule has 1 aromatic carbocycles. The van der Waals surface area contributed by atoms with Crippen LogP contribution in [0.5, 0.6) is 0 Å². The van der Waals surface area contributed by atoms with Crippen LogP contribution in [0.25, 0.3) is 11.5 Å². The standard InChI is InChI=1S/C20H28N4O3/c1-3-21-20(22-13-9-5-8-12-18(25)26-2)23-14-17-15-27-19(24-17)16-10-6-4-7-11-16/h4,6-7,10-11,15H,3,5,8-9,12-14H2,1-2H3,(H2,21,22,23). The zero-order chi connectivity index (χ0) is 19.3. The molecule has 0 bridgehead atoms. The Bertz CT molecular complexity index is 713. The van der Waals surface area contributed by atoms with E-state index in [1.54, 1.807) is 6.26 Å². The lowest BCUT2D eigenvalue weighted by molar-refractivity contribution is -0.140. The van der Waals surface area contributed by atoms with Crippen molar-refractivity contribution in [1.29, 1.82) is 0 Å². The number of aromatic nitrogens is 1. The van der Waals surface area contributed by atoms with Crippen molar-refractivity contribution in [3.8, 4) is 11.5 Å². The lowest BCUT2D eigenvalue weighted by atomic mass is 10.2. The second-order valence-electron chi connectivity index (χ2n) is 6.02. The molecule has 1 aromatic heterocycles. The number of oxazole rings is 1. The highest BCUT2D eigenvalue weighted by molar-refractivity contribution is 5.79. The van der Waals surface area contributed by atoms with Crippen molar-refractivity contribution in [2.45, 2.75) is 39.2 Å². The van der Waals surface area contributed by atoms with E-state index in [1.807, 2.05) is 37.3 Å². The van der Waals surface area contributed by atoms with Crippen LogP contribution in [-0.4, -0.2) is 37.1 Å². The van der Waals surface area contributed by atoms with Gasteiger partial charge in [0, 0.05) is 25.1 Å². The first-order chi connectivity index (χ1) is 13.2. The maximum atomic E-state index is 11.1. The highest BCUT2D eigenvalue weighted by Gasteiger charge is 2.06. The number of rotatable bonds is 10. The van der Waals surface area contributed by atoms with Gasteiger partial charge >= 0.3 is 5.97 Å². The predicted octanol–water partition coefficient (Wildman–Crippen LogP) is 3.13. The number of nitrogens with zero attached hydrogens (tertiary/aromatic N) is 2. The number of carbonyl (C=O) groups is 1. The molecule has 146 valence electrons. The number of benzene rings is 1. The quantitative estimate of drug-likeness (QED) is 0.288. The van der Waals surface area contributed by atoms with Gasteiger partial charge < -0.3 is 19.8 Å². The molecule has 2 aromatic rings. The summed E-state index contributed by atoms with van der Waals surface area (Å²) < 4.78 is 10.2. The summed E-state index contributed by atoms with van der Waals surface area (Å²) in [6.07, 6.45) is 4.88. The van der Waals surface area contributed by atoms with Gasteiger partial charge in [-0.3, -0.25) is 4.79 Å². The van der Waals surface area contributed by atoms with Crippen molar-refractivity contribution in [3.05, 3.63) is 42.3 Å². The average Bonchev–Trinajstić information content (AvgIpc) is 3.18. The summed E-state index contributed by atoms with van der Waals surface area (Å²) in [5.41, 5.74) is 1.73. The molecule has 0 spiro atoms. The van der Waals surface area contributed by atoms with Gasteiger partial charge in [-0.2, -0.15) is 0 Å². The number of guanidine groups is 1. The molecule has 0 aliphatic heterocycles. The molecule has 0 saturated carbocycles. The summed E-state index contributed by atoms with van der Waals surface area (Å²) in [5.74, 6) is 1.19. The number of carbonyl (C=O) groups excluding carboxylic acids is 1. The zero-order valence-electron chi connectivity index (χ0n) is 16.0. The normalized spacial score (nSPS) is 11.3. The summed E-state index contributed by atoms with van der Waals surface area (Å²) in [7, 11) is 1.42. The van der Waals surface area contributed by atoms with Crippen LogP contribution in [0.15, 0.2) is 46.0 Å². The minimum absolute atomic E-state index is 0.152. The minimum atomic E-state index is -0.152. The molecule has 0 aliphatic rings. The fourth-order valence-electron chi connectivity index (χ4n) is 2.47. The molecule has 0 fully saturated rings. The van der Waals surface area contributed by atoms with Crippen LogP contribution < -0.4 is 10.6 Å². The number of unbranched alkanes of at least 4 members (excludes halogenated alkanes) is 2. The second-order valence-corrected chi connectivity index (χ2v) is 6.02. The van der Waals surface area contributed by atoms with E-state index in [9.17, 15) is 4.79 Å². The fourth-order valence-corrected chi connectivity index (χ4v) is 2.47. The van der Waals surface area contributed by atoms with E-state index in [4.69, 9.17) is 4.42 Å². The number of methoxy groups -OCH3 is 1. The van der Waals surface area contributed by atoms with Gasteiger partial charge in [0.25, 0.3) is 0 Å². The van der Waals surface area contributed by atoms with E-state index < -0.39 is 0 Å². The molecule has 0 radical (unpaired) electrons. The third-order valence-electron chi connectivity index (χ3n) is 3.89. The Labute approximate surface area is 160 Å². The lowest BCUT2D eigenvalue weighted by Crippen LogP contribution is -2.37. The maximum absolute atomic E-state index is 11.1. The van der Waals surface area contributed by atoms with Crippen molar-refractivity contribution in [3.63, 3.8) is 0 Å². The molecule has 7 nitrogen and oxygen atoms in total. The van der Waals surface area contributed by atoms with Crippen LogP contribution in [0.4, 0.5) is 0 Å². The van der Waals surface area contributed by atoms with Crippen molar-refractivity contribution in [2.24, 2.45) is 4.99 Å². The second kappa shape index (κ2) is 11.7. The number of aliphatic imine (C=N–C) groups is 1. The summed E-state index contributed by atoms with van der Waals surface area (Å²) in [4.78, 5) is 20.1. The Morgan fingerprint density at radius 2 is 2.00 bits per heavy atom. The first-order valence-electron chi connectivity index (χ1n) is 9.31. The van der Waals surface area contributed by atoms with Crippen LogP contribution in [0.1, 0.15) is 38.3 Å². The molecule has 0 atom stereocenters. The minimum Gasteiger partial charge on any atom is -0.469 e. The number of nitrogens with one attached hydrogen (secondary N) is 2. The fraction of sp³-hybridized carbons (Fsp3) is 0.450. The SMILES string of the molecule is CCNC(=NCc1coc(-c2ccccc2)n1)NCCCCCC(=O)OC. The van der Waals surface area contributed by atoms with Crippen molar-refractivity contribution < 1.29 is 13.9 Å². The number of ether oxygens (including phenoxy) is 1. The van der Waals surface area contributed by atoms with Crippen LogP contribution in [0.2, 0.25) is 0 Å². The summed E-state index contributed by atoms with van der Waals surface area (Å²) >= 11 is 0. The monoisotopic (exact) mass is 372 g/mol. The van der Waals surface area contributed by atoms with E-state index in [0.29, 0.717) is 18.9 Å². The zero-order valence-corrected chi connectivity index (χ0v) is 16.0. The van der Waals surface area contributed by atoms with Gasteiger partial charge in [-0.25, -0.2) is 9.98 Å². The molecule has 7 heteroatoms. The Kier molecular flexibility index (Phi) is 8.89. The summed E-state index contributed by atoms with van der Waals surface area (Å²) in [6.45, 7) is 4.04. The van der Waals surface area contributed by atoms with Crippen molar-refractivity contribution in [1.82, 2.24) is 15.6 Å². The number of hydrogen-bond donors (Lipinski definition) is 2. The molecular formula is C20H28N4O3. The molecule has 2 N–H and O–H groups in total. The van der Waals surface area contributed by atoms with Gasteiger partial charge in [0.2, 0.25) is 5.89 Å². The highest BCUT2D eigenvalue weighted by Crippen LogP contribution is 2.18. The Morgan fingerprint density at radius 1 is 1.19 bits per heavy atom. The smallest absolute Gasteiger partial charge is 0.305 e. The predicted molar refractivity (Wildman–Crippen MR) is 105 cm³/mol. The first kappa shape index (κ1) is 20.5. The maximum Gasteiger partial charge on any atom is 0.305 e. The summed E-state index contributed by atoms with van der Waals surface area (Å²) in [6, 6.07) is 9.79. The van der Waals surface area contributed by atoms with Crippen LogP contribution in [0.3, 0.4) is 0 Å². The number of esters is 1. The van der Waals surface area contributed by atoms with E-state index in [0.717, 1.165) is 49.6 Å². The van der Waals surface area contributed by atoms with Gasteiger partial charge in [0.1, 0.15) is 12.0 Å². The topological polar surface area (TPSA) is 88.8 Å². The molecular weight excluding hydrogens is 344 g/mol. The first-order valence-corrected chi connectivity index (χ1v) is 9.31.